The SMILES string of the molecule is O=C1c2ccc(Br)cc2CCN1CC(F)(F)F. The lowest BCUT2D eigenvalue weighted by Crippen LogP contribution is -2.43. The first-order valence-electron chi connectivity index (χ1n) is 5.01. The molecule has 0 N–H and O–H groups in total. The molecule has 92 valence electrons. The summed E-state index contributed by atoms with van der Waals surface area (Å²) in [6, 6.07) is 5.00. The van der Waals surface area contributed by atoms with Crippen LogP contribution in [0.3, 0.4) is 0 Å². The molecular formula is C11H9BrF3NO. The van der Waals surface area contributed by atoms with Gasteiger partial charge in [-0.05, 0) is 30.2 Å². The zero-order valence-electron chi connectivity index (χ0n) is 8.72. The van der Waals surface area contributed by atoms with Crippen molar-refractivity contribution in [1.29, 1.82) is 0 Å². The summed E-state index contributed by atoms with van der Waals surface area (Å²) in [5.74, 6) is -0.545. The maximum Gasteiger partial charge on any atom is 0.406 e. The summed E-state index contributed by atoms with van der Waals surface area (Å²) in [6.45, 7) is -1.07. The molecule has 2 rings (SSSR count). The first kappa shape index (κ1) is 12.4. The van der Waals surface area contributed by atoms with E-state index >= 15 is 0 Å². The van der Waals surface area contributed by atoms with Crippen LogP contribution >= 0.6 is 15.9 Å². The minimum atomic E-state index is -4.34. The number of carbonyl (C=O) groups is 1. The Kier molecular flexibility index (Phi) is 3.16. The van der Waals surface area contributed by atoms with Gasteiger partial charge in [0.05, 0.1) is 0 Å². The van der Waals surface area contributed by atoms with Crippen LogP contribution in [0.1, 0.15) is 15.9 Å². The first-order valence-corrected chi connectivity index (χ1v) is 5.80. The van der Waals surface area contributed by atoms with Crippen molar-refractivity contribution in [3.63, 3.8) is 0 Å². The zero-order valence-corrected chi connectivity index (χ0v) is 10.3. The van der Waals surface area contributed by atoms with Crippen molar-refractivity contribution in [2.75, 3.05) is 13.1 Å². The van der Waals surface area contributed by atoms with Crippen molar-refractivity contribution in [2.45, 2.75) is 12.6 Å². The normalized spacial score (nSPS) is 16.0. The maximum absolute atomic E-state index is 12.3. The number of rotatable bonds is 1. The van der Waals surface area contributed by atoms with Crippen LogP contribution in [0.5, 0.6) is 0 Å². The number of halogens is 4. The molecule has 0 spiro atoms. The number of alkyl halides is 3. The van der Waals surface area contributed by atoms with Crippen LogP contribution in [0.2, 0.25) is 0 Å². The average molecular weight is 308 g/mol. The lowest BCUT2D eigenvalue weighted by Gasteiger charge is -2.29. The Morgan fingerprint density at radius 1 is 1.35 bits per heavy atom. The summed E-state index contributed by atoms with van der Waals surface area (Å²) in [5.41, 5.74) is 1.16. The molecule has 0 atom stereocenters. The van der Waals surface area contributed by atoms with Crippen molar-refractivity contribution >= 4 is 21.8 Å². The molecule has 0 saturated heterocycles. The van der Waals surface area contributed by atoms with E-state index in [4.69, 9.17) is 0 Å². The molecule has 0 aromatic heterocycles. The fourth-order valence-corrected chi connectivity index (χ4v) is 2.28. The Morgan fingerprint density at radius 2 is 2.06 bits per heavy atom. The van der Waals surface area contributed by atoms with E-state index < -0.39 is 18.6 Å². The minimum absolute atomic E-state index is 0.113. The van der Waals surface area contributed by atoms with Gasteiger partial charge >= 0.3 is 6.18 Å². The van der Waals surface area contributed by atoms with Gasteiger partial charge < -0.3 is 4.90 Å². The van der Waals surface area contributed by atoms with Crippen molar-refractivity contribution < 1.29 is 18.0 Å². The van der Waals surface area contributed by atoms with Crippen molar-refractivity contribution in [3.05, 3.63) is 33.8 Å². The van der Waals surface area contributed by atoms with Gasteiger partial charge in [0.2, 0.25) is 0 Å². The molecule has 0 fully saturated rings. The van der Waals surface area contributed by atoms with Gasteiger partial charge in [0.25, 0.3) is 5.91 Å². The maximum atomic E-state index is 12.3. The third kappa shape index (κ3) is 2.80. The largest absolute Gasteiger partial charge is 0.406 e. The Labute approximate surface area is 105 Å². The molecule has 2 nitrogen and oxygen atoms in total. The Bertz CT molecular complexity index is 459. The highest BCUT2D eigenvalue weighted by atomic mass is 79.9. The summed E-state index contributed by atoms with van der Waals surface area (Å²) in [7, 11) is 0. The van der Waals surface area contributed by atoms with Gasteiger partial charge in [0.15, 0.2) is 0 Å². The monoisotopic (exact) mass is 307 g/mol. The third-order valence-corrected chi connectivity index (χ3v) is 3.10. The second-order valence-corrected chi connectivity index (χ2v) is 4.81. The predicted molar refractivity (Wildman–Crippen MR) is 59.8 cm³/mol. The van der Waals surface area contributed by atoms with E-state index in [1.807, 2.05) is 0 Å². The standard InChI is InChI=1S/C11H9BrF3NO/c12-8-1-2-9-7(5-8)3-4-16(10(9)17)6-11(13,14)15/h1-2,5H,3-4,6H2. The topological polar surface area (TPSA) is 20.3 Å². The van der Waals surface area contributed by atoms with Crippen molar-refractivity contribution in [1.82, 2.24) is 4.90 Å². The number of nitrogens with zero attached hydrogens (tertiary/aromatic N) is 1. The Balaban J connectivity index is 2.25. The fraction of sp³-hybridized carbons (Fsp3) is 0.364. The van der Waals surface area contributed by atoms with Gasteiger partial charge in [-0.1, -0.05) is 15.9 Å². The molecule has 6 heteroatoms. The van der Waals surface area contributed by atoms with Crippen molar-refractivity contribution in [3.8, 4) is 0 Å². The predicted octanol–water partition coefficient (Wildman–Crippen LogP) is 3.01. The molecule has 0 radical (unpaired) electrons. The fourth-order valence-electron chi connectivity index (χ4n) is 1.87. The number of fused-ring (bicyclic) bond motifs is 1. The van der Waals surface area contributed by atoms with Crippen LogP contribution in [-0.4, -0.2) is 30.1 Å². The lowest BCUT2D eigenvalue weighted by atomic mass is 9.99. The number of amides is 1. The van der Waals surface area contributed by atoms with E-state index in [0.717, 1.165) is 14.9 Å². The molecule has 0 aliphatic carbocycles. The number of carbonyl (C=O) groups excluding carboxylic acids is 1. The smallest absolute Gasteiger partial charge is 0.329 e. The Morgan fingerprint density at radius 3 is 2.71 bits per heavy atom. The van der Waals surface area contributed by atoms with Crippen LogP contribution in [0, 0.1) is 0 Å². The number of hydrogen-bond donors (Lipinski definition) is 0. The summed E-state index contributed by atoms with van der Waals surface area (Å²) in [6.07, 6.45) is -3.89. The summed E-state index contributed by atoms with van der Waals surface area (Å²) < 4.78 is 37.6. The van der Waals surface area contributed by atoms with Gasteiger partial charge in [-0.3, -0.25) is 4.79 Å². The van der Waals surface area contributed by atoms with Crippen LogP contribution in [0.15, 0.2) is 22.7 Å². The molecule has 0 bridgehead atoms. The van der Waals surface area contributed by atoms with E-state index in [1.54, 1.807) is 18.2 Å². The second-order valence-electron chi connectivity index (χ2n) is 3.89. The zero-order chi connectivity index (χ0) is 12.6. The molecule has 0 saturated carbocycles. The molecule has 1 aromatic rings. The summed E-state index contributed by atoms with van der Waals surface area (Å²) in [5, 5.41) is 0. The van der Waals surface area contributed by atoms with E-state index in [9.17, 15) is 18.0 Å². The summed E-state index contributed by atoms with van der Waals surface area (Å²) >= 11 is 3.27. The van der Waals surface area contributed by atoms with Crippen molar-refractivity contribution in [2.24, 2.45) is 0 Å². The lowest BCUT2D eigenvalue weighted by molar-refractivity contribution is -0.141. The number of benzene rings is 1. The third-order valence-electron chi connectivity index (χ3n) is 2.61. The van der Waals surface area contributed by atoms with Crippen LogP contribution in [-0.2, 0) is 6.42 Å². The van der Waals surface area contributed by atoms with Gasteiger partial charge in [-0.2, -0.15) is 13.2 Å². The molecule has 1 aromatic carbocycles. The van der Waals surface area contributed by atoms with Crippen LogP contribution < -0.4 is 0 Å². The van der Waals surface area contributed by atoms with E-state index in [1.165, 1.54) is 0 Å². The summed E-state index contributed by atoms with van der Waals surface area (Å²) in [4.78, 5) is 12.7. The highest BCUT2D eigenvalue weighted by molar-refractivity contribution is 9.10. The molecular weight excluding hydrogens is 299 g/mol. The molecule has 0 unspecified atom stereocenters. The highest BCUT2D eigenvalue weighted by Gasteiger charge is 2.35. The quantitative estimate of drug-likeness (QED) is 0.781. The molecule has 1 aliphatic rings. The minimum Gasteiger partial charge on any atom is -0.329 e. The van der Waals surface area contributed by atoms with Crippen LogP contribution in [0.4, 0.5) is 13.2 Å². The van der Waals surface area contributed by atoms with Crippen LogP contribution in [0.25, 0.3) is 0 Å². The molecule has 1 heterocycles. The van der Waals surface area contributed by atoms with Gasteiger partial charge in [0.1, 0.15) is 6.54 Å². The van der Waals surface area contributed by atoms with Gasteiger partial charge in [-0.25, -0.2) is 0 Å². The number of hydrogen-bond acceptors (Lipinski definition) is 1. The molecule has 17 heavy (non-hydrogen) atoms. The van der Waals surface area contributed by atoms with E-state index in [0.29, 0.717) is 12.0 Å². The van der Waals surface area contributed by atoms with E-state index in [-0.39, 0.29) is 6.54 Å². The Hall–Kier alpha value is -1.04. The van der Waals surface area contributed by atoms with E-state index in [2.05, 4.69) is 15.9 Å². The average Bonchev–Trinajstić information content (AvgIpc) is 2.20. The molecule has 1 aliphatic heterocycles. The van der Waals surface area contributed by atoms with Gasteiger partial charge in [0, 0.05) is 16.6 Å². The first-order chi connectivity index (χ1) is 7.87. The van der Waals surface area contributed by atoms with Gasteiger partial charge in [-0.15, -0.1) is 0 Å². The molecule has 1 amide bonds. The highest BCUT2D eigenvalue weighted by Crippen LogP contribution is 2.25. The second kappa shape index (κ2) is 4.33.